The van der Waals surface area contributed by atoms with Gasteiger partial charge in [0.2, 0.25) is 0 Å². The molecule has 2 rings (SSSR count). The first kappa shape index (κ1) is 10.2. The second-order valence-electron chi connectivity index (χ2n) is 3.64. The van der Waals surface area contributed by atoms with E-state index < -0.39 is 0 Å². The van der Waals surface area contributed by atoms with Gasteiger partial charge in [0.25, 0.3) is 0 Å². The molecule has 3 nitrogen and oxygen atoms in total. The van der Waals surface area contributed by atoms with E-state index in [1.807, 2.05) is 11.8 Å². The van der Waals surface area contributed by atoms with Gasteiger partial charge >= 0.3 is 0 Å². The van der Waals surface area contributed by atoms with E-state index in [-0.39, 0.29) is 0 Å². The third-order valence-electron chi connectivity index (χ3n) is 2.62. The van der Waals surface area contributed by atoms with Gasteiger partial charge in [0.15, 0.2) is 4.77 Å². The molecule has 0 aliphatic carbocycles. The average Bonchev–Trinajstić information content (AvgIpc) is 2.79. The van der Waals surface area contributed by atoms with E-state index in [1.54, 1.807) is 0 Å². The molecule has 1 unspecified atom stereocenters. The Morgan fingerprint density at radius 1 is 1.71 bits per heavy atom. The Labute approximate surface area is 93.3 Å². The Kier molecular flexibility index (Phi) is 3.28. The molecule has 2 heterocycles. The van der Waals surface area contributed by atoms with Crippen LogP contribution in [0.5, 0.6) is 0 Å². The van der Waals surface area contributed by atoms with Crippen LogP contribution in [0.2, 0.25) is 0 Å². The largest absolute Gasteiger partial charge is 0.304 e. The zero-order valence-electron chi connectivity index (χ0n) is 8.32. The molecule has 1 atom stereocenters. The molecule has 14 heavy (non-hydrogen) atoms. The predicted molar refractivity (Wildman–Crippen MR) is 62.2 cm³/mol. The van der Waals surface area contributed by atoms with Crippen molar-refractivity contribution in [2.45, 2.75) is 26.3 Å². The highest BCUT2D eigenvalue weighted by Crippen LogP contribution is 2.25. The van der Waals surface area contributed by atoms with Gasteiger partial charge < -0.3 is 4.57 Å². The number of rotatable bonds is 3. The van der Waals surface area contributed by atoms with Crippen LogP contribution in [0.15, 0.2) is 0 Å². The summed E-state index contributed by atoms with van der Waals surface area (Å²) in [7, 11) is 0. The minimum Gasteiger partial charge on any atom is -0.304 e. The van der Waals surface area contributed by atoms with Crippen molar-refractivity contribution >= 4 is 24.0 Å². The van der Waals surface area contributed by atoms with Crippen LogP contribution in [0.3, 0.4) is 0 Å². The monoisotopic (exact) mass is 229 g/mol. The minimum absolute atomic E-state index is 0.777. The summed E-state index contributed by atoms with van der Waals surface area (Å²) in [6, 6.07) is 0. The van der Waals surface area contributed by atoms with Crippen molar-refractivity contribution in [3.63, 3.8) is 0 Å². The fourth-order valence-electron chi connectivity index (χ4n) is 1.79. The summed E-state index contributed by atoms with van der Waals surface area (Å²) in [5.41, 5.74) is 0. The zero-order valence-corrected chi connectivity index (χ0v) is 9.96. The van der Waals surface area contributed by atoms with Gasteiger partial charge in [-0.25, -0.2) is 0 Å². The number of H-pyrrole nitrogens is 1. The van der Waals surface area contributed by atoms with Gasteiger partial charge in [-0.3, -0.25) is 5.10 Å². The lowest BCUT2D eigenvalue weighted by Crippen LogP contribution is -2.12. The molecule has 0 aromatic carbocycles. The lowest BCUT2D eigenvalue weighted by atomic mass is 10.1. The lowest BCUT2D eigenvalue weighted by molar-refractivity contribution is 0.477. The minimum atomic E-state index is 0.777. The Balaban J connectivity index is 2.13. The molecule has 0 saturated carbocycles. The van der Waals surface area contributed by atoms with Gasteiger partial charge in [-0.05, 0) is 36.1 Å². The van der Waals surface area contributed by atoms with E-state index in [1.165, 1.54) is 17.9 Å². The van der Waals surface area contributed by atoms with Crippen LogP contribution >= 0.6 is 24.0 Å². The normalized spacial score (nSPS) is 21.6. The summed E-state index contributed by atoms with van der Waals surface area (Å²) in [6.45, 7) is 3.16. The van der Waals surface area contributed by atoms with Crippen molar-refractivity contribution in [3.05, 3.63) is 10.6 Å². The van der Waals surface area contributed by atoms with Crippen molar-refractivity contribution in [2.24, 2.45) is 5.92 Å². The first-order valence-corrected chi connectivity index (χ1v) is 6.59. The molecule has 0 bridgehead atoms. The van der Waals surface area contributed by atoms with Crippen LogP contribution in [0.4, 0.5) is 0 Å². The molecule has 1 aliphatic heterocycles. The van der Waals surface area contributed by atoms with Gasteiger partial charge in [-0.2, -0.15) is 16.9 Å². The second-order valence-corrected chi connectivity index (χ2v) is 5.18. The Hall–Kier alpha value is -0.290. The highest BCUT2D eigenvalue weighted by Gasteiger charge is 2.17. The number of thioether (sulfide) groups is 1. The van der Waals surface area contributed by atoms with E-state index in [0.717, 1.165) is 29.5 Å². The van der Waals surface area contributed by atoms with Gasteiger partial charge in [0, 0.05) is 13.0 Å². The number of nitrogens with one attached hydrogen (secondary N) is 1. The van der Waals surface area contributed by atoms with Crippen molar-refractivity contribution in [1.82, 2.24) is 14.8 Å². The van der Waals surface area contributed by atoms with E-state index in [9.17, 15) is 0 Å². The van der Waals surface area contributed by atoms with Crippen molar-refractivity contribution < 1.29 is 0 Å². The number of aryl methyl sites for hydroxylation is 1. The summed E-state index contributed by atoms with van der Waals surface area (Å²) in [5, 5.41) is 7.09. The van der Waals surface area contributed by atoms with Gasteiger partial charge in [-0.15, -0.1) is 0 Å². The van der Waals surface area contributed by atoms with E-state index >= 15 is 0 Å². The Morgan fingerprint density at radius 2 is 2.57 bits per heavy atom. The molecule has 5 heteroatoms. The van der Waals surface area contributed by atoms with Crippen LogP contribution in [0.25, 0.3) is 0 Å². The van der Waals surface area contributed by atoms with Crippen molar-refractivity contribution in [3.8, 4) is 0 Å². The summed E-state index contributed by atoms with van der Waals surface area (Å²) in [6.07, 6.45) is 2.27. The highest BCUT2D eigenvalue weighted by molar-refractivity contribution is 7.99. The number of nitrogens with zero attached hydrogens (tertiary/aromatic N) is 2. The Bertz CT molecular complexity index is 349. The van der Waals surface area contributed by atoms with Gasteiger partial charge in [0.1, 0.15) is 5.82 Å². The molecular formula is C9H15N3S2. The maximum absolute atomic E-state index is 5.21. The summed E-state index contributed by atoms with van der Waals surface area (Å²) in [5.74, 6) is 4.45. The maximum atomic E-state index is 5.21. The smallest absolute Gasteiger partial charge is 0.195 e. The van der Waals surface area contributed by atoms with E-state index in [0.29, 0.717) is 0 Å². The first-order valence-electron chi connectivity index (χ1n) is 5.03. The van der Waals surface area contributed by atoms with E-state index in [4.69, 9.17) is 12.2 Å². The molecule has 1 fully saturated rings. The highest BCUT2D eigenvalue weighted by atomic mass is 32.2. The molecule has 78 valence electrons. The molecule has 1 saturated heterocycles. The van der Waals surface area contributed by atoms with Crippen LogP contribution in [0, 0.1) is 10.7 Å². The summed E-state index contributed by atoms with van der Waals surface area (Å²) in [4.78, 5) is 0. The number of hydrogen-bond donors (Lipinski definition) is 1. The summed E-state index contributed by atoms with van der Waals surface area (Å²) >= 11 is 7.26. The number of hydrogen-bond acceptors (Lipinski definition) is 3. The maximum Gasteiger partial charge on any atom is 0.195 e. The van der Waals surface area contributed by atoms with Crippen LogP contribution in [-0.4, -0.2) is 26.3 Å². The first-order chi connectivity index (χ1) is 6.81. The molecule has 0 spiro atoms. The van der Waals surface area contributed by atoms with Crippen LogP contribution < -0.4 is 0 Å². The number of aromatic amines is 1. The molecule has 1 aliphatic rings. The van der Waals surface area contributed by atoms with Gasteiger partial charge in [0.05, 0.1) is 0 Å². The zero-order chi connectivity index (χ0) is 9.97. The topological polar surface area (TPSA) is 33.6 Å². The molecule has 0 amide bonds. The van der Waals surface area contributed by atoms with Crippen molar-refractivity contribution in [2.75, 3.05) is 11.5 Å². The predicted octanol–water partition coefficient (Wildman–Crippen LogP) is 2.26. The van der Waals surface area contributed by atoms with Crippen LogP contribution in [-0.2, 0) is 13.0 Å². The average molecular weight is 229 g/mol. The van der Waals surface area contributed by atoms with Crippen LogP contribution in [0.1, 0.15) is 19.2 Å². The molecule has 1 N–H and O–H groups in total. The summed E-state index contributed by atoms with van der Waals surface area (Å²) < 4.78 is 2.94. The third kappa shape index (κ3) is 2.03. The van der Waals surface area contributed by atoms with Gasteiger partial charge in [-0.1, -0.05) is 6.92 Å². The van der Waals surface area contributed by atoms with Crippen molar-refractivity contribution in [1.29, 1.82) is 0 Å². The van der Waals surface area contributed by atoms with E-state index in [2.05, 4.69) is 21.7 Å². The molecule has 1 aromatic heterocycles. The quantitative estimate of drug-likeness (QED) is 0.807. The lowest BCUT2D eigenvalue weighted by Gasteiger charge is -2.10. The standard InChI is InChI=1S/C9H15N3S2/c1-2-8-10-11-9(13)12(8)5-7-3-4-14-6-7/h7H,2-6H2,1H3,(H,11,13). The molecule has 1 aromatic rings. The Morgan fingerprint density at radius 3 is 3.21 bits per heavy atom. The second kappa shape index (κ2) is 4.49. The fourth-order valence-corrected chi connectivity index (χ4v) is 3.29. The molecular weight excluding hydrogens is 214 g/mol. The fraction of sp³-hybridized carbons (Fsp3) is 0.778. The molecule has 0 radical (unpaired) electrons. The third-order valence-corrected chi connectivity index (χ3v) is 4.16. The number of aromatic nitrogens is 3. The SMILES string of the molecule is CCc1n[nH]c(=S)n1CC1CCSC1.